The van der Waals surface area contributed by atoms with Crippen molar-refractivity contribution in [2.24, 2.45) is 0 Å². The van der Waals surface area contributed by atoms with E-state index in [9.17, 15) is 5.26 Å². The van der Waals surface area contributed by atoms with E-state index < -0.39 is 0 Å². The van der Waals surface area contributed by atoms with Gasteiger partial charge >= 0.3 is 0 Å². The van der Waals surface area contributed by atoms with Gasteiger partial charge in [-0.15, -0.1) is 0 Å². The summed E-state index contributed by atoms with van der Waals surface area (Å²) in [5, 5.41) is 20.8. The molecule has 0 bridgehead atoms. The summed E-state index contributed by atoms with van der Waals surface area (Å²) in [4.78, 5) is 4.68. The van der Waals surface area contributed by atoms with Gasteiger partial charge in [-0.05, 0) is 79.9 Å². The fourth-order valence-corrected chi connectivity index (χ4v) is 3.57. The molecule has 6 heteroatoms. The van der Waals surface area contributed by atoms with Crippen LogP contribution in [0.5, 0.6) is 0 Å². The van der Waals surface area contributed by atoms with Crippen molar-refractivity contribution in [3.8, 4) is 6.07 Å². The van der Waals surface area contributed by atoms with E-state index in [-0.39, 0.29) is 0 Å². The first-order chi connectivity index (χ1) is 14.5. The van der Waals surface area contributed by atoms with Gasteiger partial charge in [-0.1, -0.05) is 25.1 Å². The maximum Gasteiger partial charge on any atom is 0.170 e. The van der Waals surface area contributed by atoms with Crippen LogP contribution in [-0.4, -0.2) is 23.2 Å². The molecule has 0 aliphatic rings. The summed E-state index contributed by atoms with van der Waals surface area (Å²) in [5.41, 5.74) is 6.05. The molecule has 3 N–H and O–H groups in total. The molecule has 5 nitrogen and oxygen atoms in total. The topological polar surface area (TPSA) is 72.8 Å². The summed E-state index contributed by atoms with van der Waals surface area (Å²) in [6.07, 6.45) is 1.86. The van der Waals surface area contributed by atoms with Crippen LogP contribution in [0.1, 0.15) is 35.6 Å². The van der Waals surface area contributed by atoms with Gasteiger partial charge < -0.3 is 16.0 Å². The molecule has 0 fully saturated rings. The van der Waals surface area contributed by atoms with E-state index in [1.165, 1.54) is 5.56 Å². The number of rotatable bonds is 7. The largest absolute Gasteiger partial charge is 0.369 e. The fraction of sp³-hybridized carbons (Fsp3) is 0.292. The number of nitrogens with one attached hydrogen (secondary N) is 3. The maximum atomic E-state index is 9.50. The smallest absolute Gasteiger partial charge is 0.170 e. The van der Waals surface area contributed by atoms with Gasteiger partial charge in [-0.3, -0.25) is 0 Å². The average molecular weight is 418 g/mol. The summed E-state index contributed by atoms with van der Waals surface area (Å²) in [5.74, 6) is 0.631. The predicted octanol–water partition coefficient (Wildman–Crippen LogP) is 5.07. The van der Waals surface area contributed by atoms with Crippen molar-refractivity contribution in [2.45, 2.75) is 33.6 Å². The van der Waals surface area contributed by atoms with E-state index in [4.69, 9.17) is 12.2 Å². The third-order valence-corrected chi connectivity index (χ3v) is 5.20. The van der Waals surface area contributed by atoms with Gasteiger partial charge in [-0.25, -0.2) is 4.98 Å². The standard InChI is InChI=1S/C24H27N5S/c1-4-18-6-8-20(9-7-18)28-24(30)27-11-5-10-26-23-19(15-25)14-21-17(3)12-16(2)13-22(21)29-23/h6-9,12-14H,4-5,10-11H2,1-3H3,(H,26,29)(H2,27,28,30). The molecule has 0 amide bonds. The molecule has 0 unspecified atom stereocenters. The van der Waals surface area contributed by atoms with Crippen molar-refractivity contribution >= 4 is 39.7 Å². The first-order valence-corrected chi connectivity index (χ1v) is 10.6. The van der Waals surface area contributed by atoms with E-state index in [0.717, 1.165) is 47.1 Å². The van der Waals surface area contributed by atoms with Gasteiger partial charge in [0.15, 0.2) is 5.11 Å². The third-order valence-electron chi connectivity index (χ3n) is 4.96. The number of anilines is 2. The zero-order valence-corrected chi connectivity index (χ0v) is 18.5. The zero-order valence-electron chi connectivity index (χ0n) is 17.7. The van der Waals surface area contributed by atoms with Gasteiger partial charge in [0.05, 0.1) is 11.1 Å². The summed E-state index contributed by atoms with van der Waals surface area (Å²) in [6, 6.07) is 16.6. The highest BCUT2D eigenvalue weighted by atomic mass is 32.1. The Balaban J connectivity index is 1.50. The highest BCUT2D eigenvalue weighted by Gasteiger charge is 2.08. The lowest BCUT2D eigenvalue weighted by atomic mass is 10.0. The SMILES string of the molecule is CCc1ccc(NC(=S)NCCCNc2nc3cc(C)cc(C)c3cc2C#N)cc1. The van der Waals surface area contributed by atoms with Crippen LogP contribution in [-0.2, 0) is 6.42 Å². The molecule has 0 aliphatic carbocycles. The zero-order chi connectivity index (χ0) is 21.5. The van der Waals surface area contributed by atoms with Crippen LogP contribution in [0, 0.1) is 25.2 Å². The Kier molecular flexibility index (Phi) is 7.21. The molecule has 3 aromatic rings. The number of thiocarbonyl (C=S) groups is 1. The average Bonchev–Trinajstić information content (AvgIpc) is 2.73. The molecule has 1 heterocycles. The van der Waals surface area contributed by atoms with Gasteiger partial charge in [0.1, 0.15) is 11.9 Å². The van der Waals surface area contributed by atoms with Gasteiger partial charge in [-0.2, -0.15) is 5.26 Å². The Morgan fingerprint density at radius 3 is 2.57 bits per heavy atom. The van der Waals surface area contributed by atoms with Crippen LogP contribution >= 0.6 is 12.2 Å². The molecule has 1 aromatic heterocycles. The number of nitriles is 1. The lowest BCUT2D eigenvalue weighted by Crippen LogP contribution is -2.30. The van der Waals surface area contributed by atoms with Crippen molar-refractivity contribution in [1.29, 1.82) is 5.26 Å². The highest BCUT2D eigenvalue weighted by Crippen LogP contribution is 2.24. The number of pyridine rings is 1. The monoisotopic (exact) mass is 417 g/mol. The first kappa shape index (κ1) is 21.5. The molecule has 3 rings (SSSR count). The second-order valence-corrected chi connectivity index (χ2v) is 7.76. The molecule has 0 saturated heterocycles. The predicted molar refractivity (Wildman–Crippen MR) is 129 cm³/mol. The summed E-state index contributed by atoms with van der Waals surface area (Å²) in [7, 11) is 0. The third kappa shape index (κ3) is 5.46. The second kappa shape index (κ2) is 10.0. The molecule has 154 valence electrons. The number of aryl methyl sites for hydroxylation is 3. The van der Waals surface area contributed by atoms with E-state index in [2.05, 4.69) is 59.1 Å². The van der Waals surface area contributed by atoms with Gasteiger partial charge in [0.2, 0.25) is 0 Å². The van der Waals surface area contributed by atoms with Crippen molar-refractivity contribution in [2.75, 3.05) is 23.7 Å². The number of aromatic nitrogens is 1. The Labute approximate surface area is 183 Å². The van der Waals surface area contributed by atoms with Crippen LogP contribution in [0.4, 0.5) is 11.5 Å². The molecule has 0 saturated carbocycles. The number of benzene rings is 2. The van der Waals surface area contributed by atoms with Crippen LogP contribution in [0.2, 0.25) is 0 Å². The Morgan fingerprint density at radius 2 is 1.87 bits per heavy atom. The number of hydrogen-bond donors (Lipinski definition) is 3. The normalized spacial score (nSPS) is 10.5. The van der Waals surface area contributed by atoms with E-state index in [1.807, 2.05) is 31.2 Å². The lowest BCUT2D eigenvalue weighted by molar-refractivity contribution is 0.807. The van der Waals surface area contributed by atoms with Crippen molar-refractivity contribution in [1.82, 2.24) is 10.3 Å². The van der Waals surface area contributed by atoms with Crippen molar-refractivity contribution < 1.29 is 0 Å². The van der Waals surface area contributed by atoms with Crippen LogP contribution in [0.3, 0.4) is 0 Å². The quantitative estimate of drug-likeness (QED) is 0.368. The summed E-state index contributed by atoms with van der Waals surface area (Å²) in [6.45, 7) is 7.66. The van der Waals surface area contributed by atoms with E-state index in [1.54, 1.807) is 0 Å². The minimum Gasteiger partial charge on any atom is -0.369 e. The molecule has 0 radical (unpaired) electrons. The molecular weight excluding hydrogens is 390 g/mol. The minimum atomic E-state index is 0.565. The number of fused-ring (bicyclic) bond motifs is 1. The van der Waals surface area contributed by atoms with Gasteiger partial charge in [0, 0.05) is 24.2 Å². The molecule has 0 atom stereocenters. The summed E-state index contributed by atoms with van der Waals surface area (Å²) >= 11 is 5.36. The summed E-state index contributed by atoms with van der Waals surface area (Å²) < 4.78 is 0. The molecular formula is C24H27N5S. The number of nitrogens with zero attached hydrogens (tertiary/aromatic N) is 2. The fourth-order valence-electron chi connectivity index (χ4n) is 3.35. The van der Waals surface area contributed by atoms with E-state index in [0.29, 0.717) is 23.0 Å². The van der Waals surface area contributed by atoms with Crippen molar-refractivity contribution in [3.05, 3.63) is 64.7 Å². The Hall–Kier alpha value is -3.17. The molecule has 30 heavy (non-hydrogen) atoms. The van der Waals surface area contributed by atoms with Crippen LogP contribution in [0.25, 0.3) is 10.9 Å². The van der Waals surface area contributed by atoms with Crippen LogP contribution in [0.15, 0.2) is 42.5 Å². The van der Waals surface area contributed by atoms with Crippen molar-refractivity contribution in [3.63, 3.8) is 0 Å². The Bertz CT molecular complexity index is 1080. The van der Waals surface area contributed by atoms with Crippen LogP contribution < -0.4 is 16.0 Å². The highest BCUT2D eigenvalue weighted by molar-refractivity contribution is 7.80. The van der Waals surface area contributed by atoms with E-state index >= 15 is 0 Å². The molecule has 0 spiro atoms. The maximum absolute atomic E-state index is 9.50. The molecule has 2 aromatic carbocycles. The minimum absolute atomic E-state index is 0.565. The molecule has 0 aliphatic heterocycles. The first-order valence-electron chi connectivity index (χ1n) is 10.2. The Morgan fingerprint density at radius 1 is 1.10 bits per heavy atom. The lowest BCUT2D eigenvalue weighted by Gasteiger charge is -2.12. The van der Waals surface area contributed by atoms with Gasteiger partial charge in [0.25, 0.3) is 0 Å². The second-order valence-electron chi connectivity index (χ2n) is 7.36. The number of hydrogen-bond acceptors (Lipinski definition) is 4.